The van der Waals surface area contributed by atoms with Gasteiger partial charge in [0.2, 0.25) is 11.9 Å². The van der Waals surface area contributed by atoms with E-state index in [1.54, 1.807) is 12.0 Å². The maximum atomic E-state index is 6.31. The summed E-state index contributed by atoms with van der Waals surface area (Å²) < 4.78 is 5.26. The number of quaternary nitrogens is 1. The van der Waals surface area contributed by atoms with Crippen molar-refractivity contribution in [3.63, 3.8) is 0 Å². The van der Waals surface area contributed by atoms with E-state index in [4.69, 9.17) is 26.3 Å². The number of hydrogen-bond acceptors (Lipinski definition) is 7. The summed E-state index contributed by atoms with van der Waals surface area (Å²) in [7, 11) is 3.87. The third-order valence-electron chi connectivity index (χ3n) is 6.67. The zero-order chi connectivity index (χ0) is 23.0. The van der Waals surface area contributed by atoms with Crippen molar-refractivity contribution in [3.05, 3.63) is 29.0 Å². The highest BCUT2D eigenvalue weighted by atomic mass is 35.5. The van der Waals surface area contributed by atoms with Gasteiger partial charge in [0.15, 0.2) is 0 Å². The second kappa shape index (κ2) is 11.8. The number of hydrogen-bond donors (Lipinski definition) is 4. The van der Waals surface area contributed by atoms with Crippen LogP contribution in [0.5, 0.6) is 5.75 Å². The van der Waals surface area contributed by atoms with E-state index in [1.807, 2.05) is 18.2 Å². The number of aromatic nitrogens is 3. The molecule has 0 atom stereocenters. The van der Waals surface area contributed by atoms with Gasteiger partial charge >= 0.3 is 0 Å². The van der Waals surface area contributed by atoms with Gasteiger partial charge in [-0.3, -0.25) is 0 Å². The highest BCUT2D eigenvalue weighted by molar-refractivity contribution is 6.32. The molecule has 0 bridgehead atoms. The zero-order valence-electron chi connectivity index (χ0n) is 19.8. The molecule has 33 heavy (non-hydrogen) atoms. The Labute approximate surface area is 201 Å². The first-order chi connectivity index (χ1) is 16.1. The molecule has 2 aromatic rings. The van der Waals surface area contributed by atoms with Gasteiger partial charge in [0.25, 0.3) is 0 Å². The van der Waals surface area contributed by atoms with Crippen LogP contribution in [0.15, 0.2) is 18.2 Å². The first-order valence-electron chi connectivity index (χ1n) is 12.3. The summed E-state index contributed by atoms with van der Waals surface area (Å²) in [6.45, 7) is 3.03. The summed E-state index contributed by atoms with van der Waals surface area (Å²) in [6.07, 6.45) is 9.82. The van der Waals surface area contributed by atoms with Gasteiger partial charge in [0.05, 0.1) is 38.8 Å². The van der Waals surface area contributed by atoms with Crippen molar-refractivity contribution < 1.29 is 9.64 Å². The van der Waals surface area contributed by atoms with Gasteiger partial charge in [0, 0.05) is 30.6 Å². The molecule has 4 rings (SSSR count). The highest BCUT2D eigenvalue weighted by Crippen LogP contribution is 2.28. The lowest BCUT2D eigenvalue weighted by Gasteiger charge is -2.27. The number of anilines is 3. The molecule has 2 aliphatic rings. The van der Waals surface area contributed by atoms with Crippen LogP contribution in [0, 0.1) is 0 Å². The number of benzene rings is 1. The van der Waals surface area contributed by atoms with Gasteiger partial charge in [-0.05, 0) is 31.0 Å². The monoisotopic (exact) mass is 474 g/mol. The van der Waals surface area contributed by atoms with E-state index < -0.39 is 0 Å². The van der Waals surface area contributed by atoms with Crippen molar-refractivity contribution in [2.45, 2.75) is 70.0 Å². The van der Waals surface area contributed by atoms with E-state index in [-0.39, 0.29) is 0 Å². The van der Waals surface area contributed by atoms with E-state index in [1.165, 1.54) is 51.6 Å². The summed E-state index contributed by atoms with van der Waals surface area (Å²) in [4.78, 5) is 15.7. The van der Waals surface area contributed by atoms with Crippen LogP contribution in [-0.4, -0.2) is 54.3 Å². The summed E-state index contributed by atoms with van der Waals surface area (Å²) in [5.41, 5.74) is 0.810. The fourth-order valence-corrected chi connectivity index (χ4v) is 4.91. The second-order valence-electron chi connectivity index (χ2n) is 9.32. The Morgan fingerprint density at radius 3 is 2.39 bits per heavy atom. The molecular weight excluding hydrogens is 438 g/mol. The topological polar surface area (TPSA) is 88.4 Å². The van der Waals surface area contributed by atoms with Crippen molar-refractivity contribution in [1.29, 1.82) is 0 Å². The normalized spacial score (nSPS) is 21.9. The number of halogens is 1. The predicted octanol–water partition coefficient (Wildman–Crippen LogP) is 3.18. The van der Waals surface area contributed by atoms with Gasteiger partial charge in [-0.2, -0.15) is 15.0 Å². The van der Waals surface area contributed by atoms with E-state index in [0.29, 0.717) is 41.3 Å². The number of methoxy groups -OCH3 is 1. The van der Waals surface area contributed by atoms with Crippen LogP contribution in [0.4, 0.5) is 17.6 Å². The zero-order valence-corrected chi connectivity index (χ0v) is 20.5. The number of ether oxygens (including phenoxy) is 1. The average Bonchev–Trinajstić information content (AvgIpc) is 3.07. The van der Waals surface area contributed by atoms with Crippen molar-refractivity contribution in [2.24, 2.45) is 0 Å². The molecule has 4 N–H and O–H groups in total. The van der Waals surface area contributed by atoms with Gasteiger partial charge in [-0.15, -0.1) is 0 Å². The summed E-state index contributed by atoms with van der Waals surface area (Å²) in [5, 5.41) is 11.1. The maximum absolute atomic E-state index is 6.31. The Morgan fingerprint density at radius 2 is 1.70 bits per heavy atom. The summed E-state index contributed by atoms with van der Waals surface area (Å²) in [5.74, 6) is 2.54. The number of piperidine rings is 1. The van der Waals surface area contributed by atoms with E-state index in [9.17, 15) is 0 Å². The third-order valence-corrected chi connectivity index (χ3v) is 6.96. The first-order valence-corrected chi connectivity index (χ1v) is 12.6. The molecular formula is C24H37ClN7O+. The van der Waals surface area contributed by atoms with Crippen LogP contribution >= 0.6 is 11.6 Å². The van der Waals surface area contributed by atoms with E-state index in [2.05, 4.69) is 28.0 Å². The molecule has 8 nitrogen and oxygen atoms in total. The van der Waals surface area contributed by atoms with Gasteiger partial charge < -0.3 is 25.6 Å². The molecule has 1 aromatic heterocycles. The van der Waals surface area contributed by atoms with Crippen LogP contribution in [0.3, 0.4) is 0 Å². The molecule has 0 spiro atoms. The minimum Gasteiger partial charge on any atom is -0.495 e. The van der Waals surface area contributed by atoms with Gasteiger partial charge in [0.1, 0.15) is 11.6 Å². The molecule has 1 aromatic carbocycles. The van der Waals surface area contributed by atoms with E-state index in [0.717, 1.165) is 24.4 Å². The molecule has 9 heteroatoms. The Balaban J connectivity index is 1.49. The molecule has 0 amide bonds. The van der Waals surface area contributed by atoms with Crippen molar-refractivity contribution in [2.75, 3.05) is 37.9 Å². The fraction of sp³-hybridized carbons (Fsp3) is 0.625. The van der Waals surface area contributed by atoms with Crippen LogP contribution in [-0.2, 0) is 6.54 Å². The Morgan fingerprint density at radius 1 is 0.970 bits per heavy atom. The van der Waals surface area contributed by atoms with E-state index >= 15 is 0 Å². The minimum atomic E-state index is 0.413. The number of rotatable bonds is 8. The lowest BCUT2D eigenvalue weighted by Crippen LogP contribution is -3.10. The Bertz CT molecular complexity index is 896. The lowest BCUT2D eigenvalue weighted by atomic mass is 10.1. The molecule has 1 aliphatic heterocycles. The molecule has 0 radical (unpaired) electrons. The van der Waals surface area contributed by atoms with Crippen LogP contribution < -0.4 is 25.6 Å². The molecule has 0 unspecified atom stereocenters. The molecule has 1 saturated heterocycles. The van der Waals surface area contributed by atoms with Crippen molar-refractivity contribution in [1.82, 2.24) is 20.3 Å². The summed E-state index contributed by atoms with van der Waals surface area (Å²) in [6, 6.07) is 6.49. The van der Waals surface area contributed by atoms with Crippen molar-refractivity contribution >= 4 is 29.2 Å². The quantitative estimate of drug-likeness (QED) is 0.437. The largest absolute Gasteiger partial charge is 0.495 e. The predicted molar refractivity (Wildman–Crippen MR) is 133 cm³/mol. The van der Waals surface area contributed by atoms with Crippen LogP contribution in [0.1, 0.15) is 57.2 Å². The highest BCUT2D eigenvalue weighted by Gasteiger charge is 2.20. The van der Waals surface area contributed by atoms with Crippen LogP contribution in [0.25, 0.3) is 0 Å². The minimum absolute atomic E-state index is 0.413. The molecule has 1 saturated carbocycles. The molecule has 1 aliphatic carbocycles. The average molecular weight is 475 g/mol. The molecule has 180 valence electrons. The third kappa shape index (κ3) is 7.16. The number of nitrogens with one attached hydrogen (secondary N) is 4. The van der Waals surface area contributed by atoms with Gasteiger partial charge in [-0.1, -0.05) is 37.3 Å². The van der Waals surface area contributed by atoms with Crippen LogP contribution in [0.2, 0.25) is 5.02 Å². The SMILES string of the molecule is COc1ccc(Nc2nc(CNC3CC[NH+](C)CC3)nc(NC3CCCCCC3)n2)cc1Cl. The Kier molecular flexibility index (Phi) is 8.58. The number of nitrogens with zero attached hydrogens (tertiary/aromatic N) is 3. The number of likely N-dealkylation sites (tertiary alicyclic amines) is 1. The first kappa shape index (κ1) is 24.0. The molecule has 2 heterocycles. The summed E-state index contributed by atoms with van der Waals surface area (Å²) >= 11 is 6.31. The molecule has 2 fully saturated rings. The maximum Gasteiger partial charge on any atom is 0.232 e. The smallest absolute Gasteiger partial charge is 0.232 e. The standard InChI is InChI=1S/C24H36ClN7O/c1-32-13-11-17(12-14-32)26-16-22-29-23(27-18-7-5-3-4-6-8-18)31-24(30-22)28-19-9-10-21(33-2)20(25)15-19/h9-10,15,17-18,26H,3-8,11-14,16H2,1-2H3,(H2,27,28,29,30,31)/p+1. The van der Waals surface area contributed by atoms with Gasteiger partial charge in [-0.25, -0.2) is 0 Å². The second-order valence-corrected chi connectivity index (χ2v) is 9.73. The fourth-order valence-electron chi connectivity index (χ4n) is 4.65. The van der Waals surface area contributed by atoms with Crippen molar-refractivity contribution in [3.8, 4) is 5.75 Å². The Hall–Kier alpha value is -2.16. The lowest BCUT2D eigenvalue weighted by molar-refractivity contribution is -0.885.